The molecule has 0 N–H and O–H groups in total. The van der Waals surface area contributed by atoms with Crippen LogP contribution in [-0.4, -0.2) is 30.0 Å². The van der Waals surface area contributed by atoms with Crippen LogP contribution in [0.5, 0.6) is 5.75 Å². The molecule has 1 aliphatic heterocycles. The molecule has 0 bridgehead atoms. The number of hydrogen-bond acceptors (Lipinski definition) is 2. The Hall–Kier alpha value is -1.22. The lowest BCUT2D eigenvalue weighted by Crippen LogP contribution is -2.43. The first kappa shape index (κ1) is 14.2. The number of amides is 1. The van der Waals surface area contributed by atoms with Crippen LogP contribution in [0.4, 0.5) is 0 Å². The lowest BCUT2D eigenvalue weighted by Gasteiger charge is -2.29. The molecule has 104 valence electrons. The molecule has 19 heavy (non-hydrogen) atoms. The predicted octanol–water partition coefficient (Wildman–Crippen LogP) is 3.43. The Morgan fingerprint density at radius 1 is 1.32 bits per heavy atom. The smallest absolute Gasteiger partial charge is 0.263 e. The van der Waals surface area contributed by atoms with Gasteiger partial charge in [0.2, 0.25) is 0 Å². The largest absolute Gasteiger partial charge is 0.481 e. The molecule has 0 spiro atoms. The zero-order chi connectivity index (χ0) is 13.8. The van der Waals surface area contributed by atoms with E-state index in [1.807, 2.05) is 17.9 Å². The molecule has 3 nitrogen and oxygen atoms in total. The number of rotatable bonds is 3. The molecule has 1 heterocycles. The second-order valence-electron chi connectivity index (χ2n) is 5.06. The molecule has 0 aromatic heterocycles. The van der Waals surface area contributed by atoms with Gasteiger partial charge in [-0.05, 0) is 56.9 Å². The molecule has 1 aromatic carbocycles. The summed E-state index contributed by atoms with van der Waals surface area (Å²) in [7, 11) is 0. The van der Waals surface area contributed by atoms with E-state index in [1.54, 1.807) is 19.1 Å². The summed E-state index contributed by atoms with van der Waals surface area (Å²) in [6.45, 7) is 5.44. The zero-order valence-corrected chi connectivity index (χ0v) is 12.2. The normalized spacial score (nSPS) is 17.1. The van der Waals surface area contributed by atoms with E-state index in [0.29, 0.717) is 10.8 Å². The summed E-state index contributed by atoms with van der Waals surface area (Å²) < 4.78 is 5.72. The molecule has 0 saturated carbocycles. The van der Waals surface area contributed by atoms with Crippen molar-refractivity contribution in [1.29, 1.82) is 0 Å². The molecule has 1 fully saturated rings. The van der Waals surface area contributed by atoms with Gasteiger partial charge in [0.25, 0.3) is 5.91 Å². The lowest BCUT2D eigenvalue weighted by molar-refractivity contribution is -0.138. The van der Waals surface area contributed by atoms with Gasteiger partial charge in [0.05, 0.1) is 0 Å². The van der Waals surface area contributed by atoms with E-state index in [1.165, 1.54) is 6.42 Å². The maximum absolute atomic E-state index is 12.2. The van der Waals surface area contributed by atoms with Gasteiger partial charge in [0.1, 0.15) is 5.75 Å². The van der Waals surface area contributed by atoms with Crippen LogP contribution in [0.3, 0.4) is 0 Å². The molecule has 1 atom stereocenters. The van der Waals surface area contributed by atoms with E-state index >= 15 is 0 Å². The minimum Gasteiger partial charge on any atom is -0.481 e. The van der Waals surface area contributed by atoms with Crippen molar-refractivity contribution in [2.24, 2.45) is 0 Å². The van der Waals surface area contributed by atoms with Crippen LogP contribution in [0.2, 0.25) is 5.02 Å². The van der Waals surface area contributed by atoms with Gasteiger partial charge < -0.3 is 9.64 Å². The van der Waals surface area contributed by atoms with E-state index in [0.717, 1.165) is 31.5 Å². The number of carbonyl (C=O) groups excluding carboxylic acids is 1. The van der Waals surface area contributed by atoms with Crippen molar-refractivity contribution >= 4 is 17.5 Å². The molecule has 1 amide bonds. The van der Waals surface area contributed by atoms with Crippen LogP contribution < -0.4 is 4.74 Å². The van der Waals surface area contributed by atoms with Gasteiger partial charge in [0, 0.05) is 18.1 Å². The van der Waals surface area contributed by atoms with Crippen molar-refractivity contribution in [3.8, 4) is 5.75 Å². The summed E-state index contributed by atoms with van der Waals surface area (Å²) in [5, 5.41) is 0.711. The monoisotopic (exact) mass is 281 g/mol. The minimum absolute atomic E-state index is 0.0762. The molecule has 2 rings (SSSR count). The van der Waals surface area contributed by atoms with Crippen LogP contribution in [0.25, 0.3) is 0 Å². The highest BCUT2D eigenvalue weighted by Crippen LogP contribution is 2.22. The first-order valence-corrected chi connectivity index (χ1v) is 7.17. The van der Waals surface area contributed by atoms with Crippen molar-refractivity contribution in [1.82, 2.24) is 4.90 Å². The number of likely N-dealkylation sites (tertiary alicyclic amines) is 1. The fourth-order valence-electron chi connectivity index (χ4n) is 2.32. The Labute approximate surface area is 119 Å². The molecule has 1 aliphatic rings. The molecule has 1 saturated heterocycles. The second-order valence-corrected chi connectivity index (χ2v) is 5.46. The maximum Gasteiger partial charge on any atom is 0.263 e. The summed E-state index contributed by atoms with van der Waals surface area (Å²) in [5.41, 5.74) is 0.955. The third-order valence-corrected chi connectivity index (χ3v) is 3.88. The van der Waals surface area contributed by atoms with Gasteiger partial charge in [-0.15, -0.1) is 0 Å². The summed E-state index contributed by atoms with van der Waals surface area (Å²) in [6, 6.07) is 5.46. The Bertz CT molecular complexity index is 455. The highest BCUT2D eigenvalue weighted by Gasteiger charge is 2.23. The van der Waals surface area contributed by atoms with Gasteiger partial charge in [-0.25, -0.2) is 0 Å². The standard InChI is InChI=1S/C15H20ClNO2/c1-11-10-13(6-7-14(11)16)19-12(2)15(18)17-8-4-3-5-9-17/h6-7,10,12H,3-5,8-9H2,1-2H3. The third kappa shape index (κ3) is 3.63. The highest BCUT2D eigenvalue weighted by molar-refractivity contribution is 6.31. The van der Waals surface area contributed by atoms with Gasteiger partial charge >= 0.3 is 0 Å². The molecular formula is C15H20ClNO2. The average Bonchev–Trinajstić information content (AvgIpc) is 2.43. The first-order valence-electron chi connectivity index (χ1n) is 6.79. The number of ether oxygens (including phenoxy) is 1. The fourth-order valence-corrected chi connectivity index (χ4v) is 2.43. The minimum atomic E-state index is -0.446. The Balaban J connectivity index is 1.97. The number of nitrogens with zero attached hydrogens (tertiary/aromatic N) is 1. The summed E-state index contributed by atoms with van der Waals surface area (Å²) >= 11 is 5.97. The van der Waals surface area contributed by atoms with Crippen LogP contribution >= 0.6 is 11.6 Å². The van der Waals surface area contributed by atoms with Crippen molar-refractivity contribution in [3.05, 3.63) is 28.8 Å². The van der Waals surface area contributed by atoms with Gasteiger partial charge in [-0.3, -0.25) is 4.79 Å². The highest BCUT2D eigenvalue weighted by atomic mass is 35.5. The number of piperidine rings is 1. The second kappa shape index (κ2) is 6.29. The molecule has 0 aliphatic carbocycles. The van der Waals surface area contributed by atoms with E-state index in [4.69, 9.17) is 16.3 Å². The number of aryl methyl sites for hydroxylation is 1. The van der Waals surface area contributed by atoms with E-state index in [9.17, 15) is 4.79 Å². The predicted molar refractivity (Wildman–Crippen MR) is 76.7 cm³/mol. The first-order chi connectivity index (χ1) is 9.08. The third-order valence-electron chi connectivity index (χ3n) is 3.46. The maximum atomic E-state index is 12.2. The van der Waals surface area contributed by atoms with Crippen molar-refractivity contribution < 1.29 is 9.53 Å². The van der Waals surface area contributed by atoms with Crippen molar-refractivity contribution in [2.75, 3.05) is 13.1 Å². The van der Waals surface area contributed by atoms with Crippen LogP contribution in [0.15, 0.2) is 18.2 Å². The molecule has 1 aromatic rings. The Morgan fingerprint density at radius 2 is 2.00 bits per heavy atom. The number of halogens is 1. The average molecular weight is 282 g/mol. The summed E-state index contributed by atoms with van der Waals surface area (Å²) in [5.74, 6) is 0.770. The van der Waals surface area contributed by atoms with Crippen LogP contribution in [-0.2, 0) is 4.79 Å². The summed E-state index contributed by atoms with van der Waals surface area (Å²) in [4.78, 5) is 14.1. The van der Waals surface area contributed by atoms with Gasteiger partial charge in [-0.1, -0.05) is 11.6 Å². The SMILES string of the molecule is Cc1cc(OC(C)C(=O)N2CCCCC2)ccc1Cl. The van der Waals surface area contributed by atoms with E-state index < -0.39 is 6.10 Å². The Kier molecular flexibility index (Phi) is 4.70. The van der Waals surface area contributed by atoms with E-state index in [-0.39, 0.29) is 5.91 Å². The van der Waals surface area contributed by atoms with Crippen molar-refractivity contribution in [3.63, 3.8) is 0 Å². The number of benzene rings is 1. The summed E-state index contributed by atoms with van der Waals surface area (Å²) in [6.07, 6.45) is 2.96. The quantitative estimate of drug-likeness (QED) is 0.849. The zero-order valence-electron chi connectivity index (χ0n) is 11.5. The topological polar surface area (TPSA) is 29.5 Å². The van der Waals surface area contributed by atoms with E-state index in [2.05, 4.69) is 0 Å². The fraction of sp³-hybridized carbons (Fsp3) is 0.533. The van der Waals surface area contributed by atoms with Crippen molar-refractivity contribution in [2.45, 2.75) is 39.2 Å². The van der Waals surface area contributed by atoms with Gasteiger partial charge in [0.15, 0.2) is 6.10 Å². The van der Waals surface area contributed by atoms with Crippen LogP contribution in [0, 0.1) is 6.92 Å². The number of hydrogen-bond donors (Lipinski definition) is 0. The molecular weight excluding hydrogens is 262 g/mol. The van der Waals surface area contributed by atoms with Crippen LogP contribution in [0.1, 0.15) is 31.7 Å². The lowest BCUT2D eigenvalue weighted by atomic mass is 10.1. The Morgan fingerprint density at radius 3 is 2.63 bits per heavy atom. The van der Waals surface area contributed by atoms with Gasteiger partial charge in [-0.2, -0.15) is 0 Å². The number of carbonyl (C=O) groups is 1. The molecule has 4 heteroatoms. The molecule has 1 unspecified atom stereocenters. The molecule has 0 radical (unpaired) electrons.